The van der Waals surface area contributed by atoms with Gasteiger partial charge in [-0.2, -0.15) is 0 Å². The molecule has 3 aromatic carbocycles. The van der Waals surface area contributed by atoms with Gasteiger partial charge >= 0.3 is 0 Å². The Morgan fingerprint density at radius 2 is 1.31 bits per heavy atom. The lowest BCUT2D eigenvalue weighted by Crippen LogP contribution is -2.32. The second kappa shape index (κ2) is 10.8. The largest absolute Gasteiger partial charge is 0.339 e. The molecule has 1 saturated heterocycles. The second-order valence-corrected chi connectivity index (χ2v) is 8.35. The van der Waals surface area contributed by atoms with E-state index in [9.17, 15) is 9.59 Å². The molecule has 1 N–H and O–H groups in total. The number of rotatable bonds is 6. The molecular weight excluding hydrogens is 396 g/mol. The average Bonchev–Trinajstić information content (AvgIpc) is 3.13. The number of benzene rings is 3. The van der Waals surface area contributed by atoms with E-state index in [0.717, 1.165) is 44.3 Å². The molecule has 2 amide bonds. The number of hydrogen-bond donors (Lipinski definition) is 1. The van der Waals surface area contributed by atoms with E-state index in [1.54, 1.807) is 0 Å². The third-order valence-electron chi connectivity index (χ3n) is 6.09. The summed E-state index contributed by atoms with van der Waals surface area (Å²) >= 11 is 0. The number of nitrogens with zero attached hydrogens (tertiary/aromatic N) is 1. The zero-order valence-corrected chi connectivity index (χ0v) is 18.4. The molecule has 4 nitrogen and oxygen atoms in total. The van der Waals surface area contributed by atoms with Crippen LogP contribution in [0, 0.1) is 0 Å². The van der Waals surface area contributed by atoms with Gasteiger partial charge in [0.05, 0.1) is 11.3 Å². The summed E-state index contributed by atoms with van der Waals surface area (Å²) in [6.07, 6.45) is 6.06. The number of nitrogens with one attached hydrogen (secondary N) is 1. The van der Waals surface area contributed by atoms with E-state index in [0.29, 0.717) is 16.8 Å². The Bertz CT molecular complexity index is 1050. The summed E-state index contributed by atoms with van der Waals surface area (Å²) in [5.41, 5.74) is 4.04. The van der Waals surface area contributed by atoms with Crippen LogP contribution in [0.15, 0.2) is 78.9 Å². The highest BCUT2D eigenvalue weighted by Crippen LogP contribution is 2.22. The van der Waals surface area contributed by atoms with E-state index in [-0.39, 0.29) is 11.8 Å². The first-order chi connectivity index (χ1) is 15.7. The minimum Gasteiger partial charge on any atom is -0.339 e. The molecule has 0 bridgehead atoms. The summed E-state index contributed by atoms with van der Waals surface area (Å²) in [6.45, 7) is 1.56. The number of amides is 2. The molecule has 0 spiro atoms. The number of para-hydroxylation sites is 1. The summed E-state index contributed by atoms with van der Waals surface area (Å²) in [7, 11) is 0. The van der Waals surface area contributed by atoms with Gasteiger partial charge in [0.2, 0.25) is 0 Å². The molecule has 1 aliphatic rings. The highest BCUT2D eigenvalue weighted by Gasteiger charge is 2.21. The number of carbonyl (C=O) groups excluding carboxylic acids is 2. The monoisotopic (exact) mass is 426 g/mol. The molecule has 3 aromatic rings. The number of likely N-dealkylation sites (tertiary alicyclic amines) is 1. The summed E-state index contributed by atoms with van der Waals surface area (Å²) in [6, 6.07) is 25.3. The topological polar surface area (TPSA) is 49.4 Å². The van der Waals surface area contributed by atoms with E-state index in [2.05, 4.69) is 17.4 Å². The van der Waals surface area contributed by atoms with E-state index in [4.69, 9.17) is 0 Å². The van der Waals surface area contributed by atoms with E-state index >= 15 is 0 Å². The standard InChI is InChI=1S/C28H30N2O2/c31-27(24-15-7-6-14-23(24)19-18-22-12-4-3-5-13-22)29-26-17-9-8-16-25(26)28(32)30-20-10-1-2-11-21-30/h3-9,12-17H,1-2,10-11,18-21H2,(H,29,31). The Kier molecular flexibility index (Phi) is 7.34. The summed E-state index contributed by atoms with van der Waals surface area (Å²) < 4.78 is 0. The highest BCUT2D eigenvalue weighted by molar-refractivity contribution is 6.09. The van der Waals surface area contributed by atoms with Gasteiger partial charge in [0, 0.05) is 18.7 Å². The van der Waals surface area contributed by atoms with Crippen molar-refractivity contribution in [2.75, 3.05) is 18.4 Å². The molecule has 0 atom stereocenters. The van der Waals surface area contributed by atoms with Crippen LogP contribution >= 0.6 is 0 Å². The summed E-state index contributed by atoms with van der Waals surface area (Å²) in [4.78, 5) is 28.3. The van der Waals surface area contributed by atoms with Crippen LogP contribution in [-0.4, -0.2) is 29.8 Å². The van der Waals surface area contributed by atoms with Crippen LogP contribution in [0.3, 0.4) is 0 Å². The molecule has 1 fully saturated rings. The van der Waals surface area contributed by atoms with Gasteiger partial charge in [-0.3, -0.25) is 9.59 Å². The van der Waals surface area contributed by atoms with Crippen molar-refractivity contribution in [1.29, 1.82) is 0 Å². The van der Waals surface area contributed by atoms with Crippen molar-refractivity contribution in [2.24, 2.45) is 0 Å². The smallest absolute Gasteiger partial charge is 0.255 e. The highest BCUT2D eigenvalue weighted by atomic mass is 16.2. The van der Waals surface area contributed by atoms with E-state index in [1.165, 1.54) is 18.4 Å². The first-order valence-corrected chi connectivity index (χ1v) is 11.5. The van der Waals surface area contributed by atoms with Gasteiger partial charge in [-0.15, -0.1) is 0 Å². The van der Waals surface area contributed by atoms with E-state index in [1.807, 2.05) is 71.6 Å². The van der Waals surface area contributed by atoms with Gasteiger partial charge in [-0.1, -0.05) is 73.5 Å². The van der Waals surface area contributed by atoms with Crippen LogP contribution in [0.25, 0.3) is 0 Å². The zero-order chi connectivity index (χ0) is 22.2. The lowest BCUT2D eigenvalue weighted by molar-refractivity contribution is 0.0762. The fourth-order valence-corrected chi connectivity index (χ4v) is 4.30. The molecule has 0 aliphatic carbocycles. The molecule has 4 rings (SSSR count). The van der Waals surface area contributed by atoms with E-state index < -0.39 is 0 Å². The minimum atomic E-state index is -0.176. The Morgan fingerprint density at radius 3 is 2.06 bits per heavy atom. The molecular formula is C28H30N2O2. The van der Waals surface area contributed by atoms with Gasteiger partial charge in [0.1, 0.15) is 0 Å². The lowest BCUT2D eigenvalue weighted by Gasteiger charge is -2.22. The number of carbonyl (C=O) groups is 2. The molecule has 0 saturated carbocycles. The summed E-state index contributed by atoms with van der Waals surface area (Å²) in [5.74, 6) is -0.176. The Morgan fingerprint density at radius 1 is 0.688 bits per heavy atom. The molecule has 164 valence electrons. The fraction of sp³-hybridized carbons (Fsp3) is 0.286. The Hall–Kier alpha value is -3.40. The molecule has 0 aromatic heterocycles. The van der Waals surface area contributed by atoms with Crippen molar-refractivity contribution < 1.29 is 9.59 Å². The fourth-order valence-electron chi connectivity index (χ4n) is 4.30. The quantitative estimate of drug-likeness (QED) is 0.546. The van der Waals surface area contributed by atoms with Crippen LogP contribution in [-0.2, 0) is 12.8 Å². The maximum atomic E-state index is 13.2. The van der Waals surface area contributed by atoms with Crippen molar-refractivity contribution in [3.8, 4) is 0 Å². The molecule has 1 aliphatic heterocycles. The normalized spacial score (nSPS) is 13.9. The average molecular weight is 427 g/mol. The molecule has 0 radical (unpaired) electrons. The maximum absolute atomic E-state index is 13.2. The first-order valence-electron chi connectivity index (χ1n) is 11.5. The third-order valence-corrected chi connectivity index (χ3v) is 6.09. The van der Waals surface area contributed by atoms with Crippen molar-refractivity contribution in [3.05, 3.63) is 101 Å². The van der Waals surface area contributed by atoms with Crippen molar-refractivity contribution in [3.63, 3.8) is 0 Å². The van der Waals surface area contributed by atoms with Crippen LogP contribution in [0.1, 0.15) is 57.5 Å². The van der Waals surface area contributed by atoms with Crippen molar-refractivity contribution >= 4 is 17.5 Å². The van der Waals surface area contributed by atoms with Crippen LogP contribution in [0.2, 0.25) is 0 Å². The second-order valence-electron chi connectivity index (χ2n) is 8.35. The minimum absolute atomic E-state index is 0.000151. The van der Waals surface area contributed by atoms with Crippen molar-refractivity contribution in [1.82, 2.24) is 4.90 Å². The van der Waals surface area contributed by atoms with Crippen LogP contribution in [0.4, 0.5) is 5.69 Å². The van der Waals surface area contributed by atoms with Gasteiger partial charge in [-0.05, 0) is 55.0 Å². The van der Waals surface area contributed by atoms with Crippen LogP contribution in [0.5, 0.6) is 0 Å². The molecule has 0 unspecified atom stereocenters. The predicted octanol–water partition coefficient (Wildman–Crippen LogP) is 5.74. The Balaban J connectivity index is 1.51. The van der Waals surface area contributed by atoms with Gasteiger partial charge in [0.15, 0.2) is 0 Å². The van der Waals surface area contributed by atoms with Gasteiger partial charge < -0.3 is 10.2 Å². The lowest BCUT2D eigenvalue weighted by atomic mass is 9.99. The van der Waals surface area contributed by atoms with Crippen LogP contribution < -0.4 is 5.32 Å². The number of hydrogen-bond acceptors (Lipinski definition) is 2. The summed E-state index contributed by atoms with van der Waals surface area (Å²) in [5, 5.41) is 3.01. The predicted molar refractivity (Wildman–Crippen MR) is 129 cm³/mol. The molecule has 4 heteroatoms. The van der Waals surface area contributed by atoms with Crippen molar-refractivity contribution in [2.45, 2.75) is 38.5 Å². The first kappa shape index (κ1) is 21.8. The zero-order valence-electron chi connectivity index (χ0n) is 18.4. The van der Waals surface area contributed by atoms with Gasteiger partial charge in [0.25, 0.3) is 11.8 Å². The molecule has 1 heterocycles. The number of anilines is 1. The third kappa shape index (κ3) is 5.44. The number of aryl methyl sites for hydroxylation is 2. The van der Waals surface area contributed by atoms with Gasteiger partial charge in [-0.25, -0.2) is 0 Å². The maximum Gasteiger partial charge on any atom is 0.255 e. The SMILES string of the molecule is O=C(Nc1ccccc1C(=O)N1CCCCCC1)c1ccccc1CCc1ccccc1. The molecule has 32 heavy (non-hydrogen) atoms. The Labute approximate surface area is 190 Å².